The molecule has 1 N–H and O–H groups in total. The number of halogens is 1. The maximum atomic E-state index is 6.03. The van der Waals surface area contributed by atoms with Gasteiger partial charge >= 0.3 is 0 Å². The lowest BCUT2D eigenvalue weighted by molar-refractivity contribution is 0.170. The van der Waals surface area contributed by atoms with Crippen LogP contribution in [0.5, 0.6) is 0 Å². The minimum absolute atomic E-state index is 0.450. The fourth-order valence-corrected chi connectivity index (χ4v) is 3.40. The smallest absolute Gasteiger partial charge is 0.0931 e. The zero-order valence-electron chi connectivity index (χ0n) is 10.4. The number of piperazine rings is 1. The first-order chi connectivity index (χ1) is 8.16. The van der Waals surface area contributed by atoms with Crippen LogP contribution in [0.2, 0.25) is 4.34 Å². The lowest BCUT2D eigenvalue weighted by Gasteiger charge is -2.33. The van der Waals surface area contributed by atoms with E-state index in [4.69, 9.17) is 11.6 Å². The van der Waals surface area contributed by atoms with Crippen molar-refractivity contribution >= 4 is 22.9 Å². The van der Waals surface area contributed by atoms with Crippen LogP contribution in [0, 0.1) is 0 Å². The highest BCUT2D eigenvalue weighted by molar-refractivity contribution is 7.16. The zero-order chi connectivity index (χ0) is 12.3. The maximum Gasteiger partial charge on any atom is 0.0931 e. The first-order valence-corrected chi connectivity index (χ1v) is 7.21. The quantitative estimate of drug-likeness (QED) is 0.904. The molecule has 2 heterocycles. The summed E-state index contributed by atoms with van der Waals surface area (Å²) < 4.78 is 0.882. The highest BCUT2D eigenvalue weighted by atomic mass is 35.5. The van der Waals surface area contributed by atoms with Crippen LogP contribution in [0.1, 0.15) is 10.9 Å². The van der Waals surface area contributed by atoms with E-state index in [-0.39, 0.29) is 0 Å². The number of likely N-dealkylation sites (N-methyl/N-ethyl adjacent to an activating group) is 1. The maximum absolute atomic E-state index is 6.03. The van der Waals surface area contributed by atoms with Crippen molar-refractivity contribution in [2.24, 2.45) is 0 Å². The van der Waals surface area contributed by atoms with Crippen LogP contribution in [-0.4, -0.2) is 56.6 Å². The summed E-state index contributed by atoms with van der Waals surface area (Å²) in [4.78, 5) is 6.16. The fraction of sp³-hybridized carbons (Fsp3) is 0.667. The van der Waals surface area contributed by atoms with Gasteiger partial charge in [0.1, 0.15) is 0 Å². The summed E-state index contributed by atoms with van der Waals surface area (Å²) in [5.41, 5.74) is 0. The number of hydrogen-bond donors (Lipinski definition) is 1. The summed E-state index contributed by atoms with van der Waals surface area (Å²) in [6.45, 7) is 5.58. The van der Waals surface area contributed by atoms with Gasteiger partial charge < -0.3 is 10.2 Å². The molecule has 1 atom stereocenters. The molecule has 1 unspecified atom stereocenters. The van der Waals surface area contributed by atoms with Gasteiger partial charge in [-0.1, -0.05) is 11.6 Å². The van der Waals surface area contributed by atoms with Crippen molar-refractivity contribution in [2.75, 3.05) is 46.8 Å². The van der Waals surface area contributed by atoms with Gasteiger partial charge in [-0.25, -0.2) is 0 Å². The number of thiophene rings is 1. The lowest BCUT2D eigenvalue weighted by atomic mass is 10.2. The second-order valence-electron chi connectivity index (χ2n) is 4.67. The summed E-state index contributed by atoms with van der Waals surface area (Å²) in [7, 11) is 4.28. The van der Waals surface area contributed by atoms with E-state index in [1.807, 2.05) is 6.07 Å². The molecule has 0 spiro atoms. The van der Waals surface area contributed by atoms with Crippen molar-refractivity contribution < 1.29 is 0 Å². The molecule has 0 aromatic carbocycles. The van der Waals surface area contributed by atoms with Gasteiger partial charge in [0.2, 0.25) is 0 Å². The predicted octanol–water partition coefficient (Wildman–Crippen LogP) is 1.91. The summed E-state index contributed by atoms with van der Waals surface area (Å²) in [5, 5.41) is 3.39. The van der Waals surface area contributed by atoms with E-state index in [9.17, 15) is 0 Å². The SMILES string of the molecule is CN(C)C(CN1CCNCC1)c1ccc(Cl)s1. The van der Waals surface area contributed by atoms with Crippen molar-refractivity contribution in [1.29, 1.82) is 0 Å². The number of hydrogen-bond acceptors (Lipinski definition) is 4. The molecule has 96 valence electrons. The van der Waals surface area contributed by atoms with Crippen molar-refractivity contribution in [3.63, 3.8) is 0 Å². The fourth-order valence-electron chi connectivity index (χ4n) is 2.15. The van der Waals surface area contributed by atoms with E-state index in [0.717, 1.165) is 37.1 Å². The topological polar surface area (TPSA) is 18.5 Å². The third-order valence-corrected chi connectivity index (χ3v) is 4.52. The first kappa shape index (κ1) is 13.3. The number of nitrogens with zero attached hydrogens (tertiary/aromatic N) is 2. The molecule has 0 aliphatic carbocycles. The second kappa shape index (κ2) is 6.16. The summed E-state index contributed by atoms with van der Waals surface area (Å²) in [6, 6.07) is 4.60. The second-order valence-corrected chi connectivity index (χ2v) is 6.42. The van der Waals surface area contributed by atoms with Crippen LogP contribution < -0.4 is 5.32 Å². The summed E-state index contributed by atoms with van der Waals surface area (Å²) >= 11 is 7.72. The van der Waals surface area contributed by atoms with Gasteiger partial charge in [-0.2, -0.15) is 0 Å². The van der Waals surface area contributed by atoms with Gasteiger partial charge in [-0.15, -0.1) is 11.3 Å². The molecule has 0 bridgehead atoms. The van der Waals surface area contributed by atoms with Crippen molar-refractivity contribution in [3.05, 3.63) is 21.3 Å². The van der Waals surface area contributed by atoms with Crippen molar-refractivity contribution in [3.8, 4) is 0 Å². The number of nitrogens with one attached hydrogen (secondary N) is 1. The zero-order valence-corrected chi connectivity index (χ0v) is 12.0. The number of rotatable bonds is 4. The Bertz CT molecular complexity index is 347. The van der Waals surface area contributed by atoms with Gasteiger partial charge in [0.15, 0.2) is 0 Å². The molecule has 17 heavy (non-hydrogen) atoms. The molecule has 1 aliphatic rings. The minimum Gasteiger partial charge on any atom is -0.314 e. The molecule has 1 fully saturated rings. The highest BCUT2D eigenvalue weighted by Gasteiger charge is 2.20. The molecule has 5 heteroatoms. The minimum atomic E-state index is 0.450. The van der Waals surface area contributed by atoms with Gasteiger partial charge in [-0.3, -0.25) is 4.90 Å². The van der Waals surface area contributed by atoms with Crippen LogP contribution in [-0.2, 0) is 0 Å². The summed E-state index contributed by atoms with van der Waals surface area (Å²) in [5.74, 6) is 0. The van der Waals surface area contributed by atoms with E-state index >= 15 is 0 Å². The van der Waals surface area contributed by atoms with Gasteiger partial charge in [-0.05, 0) is 26.2 Å². The summed E-state index contributed by atoms with van der Waals surface area (Å²) in [6.07, 6.45) is 0. The molecule has 0 saturated carbocycles. The van der Waals surface area contributed by atoms with E-state index in [0.29, 0.717) is 6.04 Å². The Morgan fingerprint density at radius 2 is 2.12 bits per heavy atom. The van der Waals surface area contributed by atoms with Crippen LogP contribution in [0.15, 0.2) is 12.1 Å². The Morgan fingerprint density at radius 3 is 2.65 bits per heavy atom. The molecule has 0 radical (unpaired) electrons. The van der Waals surface area contributed by atoms with Crippen molar-refractivity contribution in [2.45, 2.75) is 6.04 Å². The van der Waals surface area contributed by atoms with Gasteiger partial charge in [0.05, 0.1) is 10.4 Å². The third-order valence-electron chi connectivity index (χ3n) is 3.19. The van der Waals surface area contributed by atoms with E-state index < -0.39 is 0 Å². The van der Waals surface area contributed by atoms with Crippen LogP contribution >= 0.6 is 22.9 Å². The molecular weight excluding hydrogens is 254 g/mol. The predicted molar refractivity (Wildman–Crippen MR) is 75.1 cm³/mol. The standard InChI is InChI=1S/C12H20ClN3S/c1-15(2)10(11-3-4-12(13)17-11)9-16-7-5-14-6-8-16/h3-4,10,14H,5-9H2,1-2H3. The molecule has 1 saturated heterocycles. The average Bonchev–Trinajstić information content (AvgIpc) is 2.73. The molecule has 3 nitrogen and oxygen atoms in total. The van der Waals surface area contributed by atoms with Crippen LogP contribution in [0.25, 0.3) is 0 Å². The van der Waals surface area contributed by atoms with E-state index in [1.165, 1.54) is 4.88 Å². The highest BCUT2D eigenvalue weighted by Crippen LogP contribution is 2.30. The van der Waals surface area contributed by atoms with E-state index in [1.54, 1.807) is 11.3 Å². The largest absolute Gasteiger partial charge is 0.314 e. The molecule has 2 rings (SSSR count). The average molecular weight is 274 g/mol. The molecular formula is C12H20ClN3S. The molecule has 0 amide bonds. The normalized spacial score (nSPS) is 19.8. The third kappa shape index (κ3) is 3.66. The molecule has 1 aromatic rings. The van der Waals surface area contributed by atoms with Crippen molar-refractivity contribution in [1.82, 2.24) is 15.1 Å². The monoisotopic (exact) mass is 273 g/mol. The Kier molecular flexibility index (Phi) is 4.82. The van der Waals surface area contributed by atoms with E-state index in [2.05, 4.69) is 35.3 Å². The van der Waals surface area contributed by atoms with Crippen LogP contribution in [0.3, 0.4) is 0 Å². The first-order valence-electron chi connectivity index (χ1n) is 6.01. The Morgan fingerprint density at radius 1 is 1.41 bits per heavy atom. The molecule has 1 aromatic heterocycles. The van der Waals surface area contributed by atoms with Gasteiger partial charge in [0, 0.05) is 37.6 Å². The Balaban J connectivity index is 2.01. The molecule has 1 aliphatic heterocycles. The van der Waals surface area contributed by atoms with Gasteiger partial charge in [0.25, 0.3) is 0 Å². The Labute approximate surface area is 112 Å². The lowest BCUT2D eigenvalue weighted by Crippen LogP contribution is -2.46. The van der Waals surface area contributed by atoms with Crippen LogP contribution in [0.4, 0.5) is 0 Å². The Hall–Kier alpha value is -0.130.